The van der Waals surface area contributed by atoms with E-state index in [9.17, 15) is 9.90 Å². The van der Waals surface area contributed by atoms with Crippen LogP contribution in [-0.2, 0) is 17.6 Å². The molecule has 5 rings (SSSR count). The van der Waals surface area contributed by atoms with E-state index in [2.05, 4.69) is 9.98 Å². The zero-order valence-electron chi connectivity index (χ0n) is 18.2. The van der Waals surface area contributed by atoms with Crippen LogP contribution in [0.25, 0.3) is 21.5 Å². The number of rotatable bonds is 7. The van der Waals surface area contributed by atoms with Gasteiger partial charge in [0, 0.05) is 27.3 Å². The van der Waals surface area contributed by atoms with Crippen molar-refractivity contribution in [2.75, 3.05) is 6.61 Å². The number of nitrogens with zero attached hydrogens (tertiary/aromatic N) is 2. The third-order valence-electron chi connectivity index (χ3n) is 5.29. The minimum atomic E-state index is -0.437. The number of hydrogen-bond donors (Lipinski definition) is 0. The van der Waals surface area contributed by atoms with Crippen LogP contribution < -0.4 is 39.4 Å². The summed E-state index contributed by atoms with van der Waals surface area (Å²) < 4.78 is 13.0. The van der Waals surface area contributed by atoms with Gasteiger partial charge in [0.1, 0.15) is 11.5 Å². The number of aromatic nitrogens is 1. The molecule has 6 nitrogen and oxygen atoms in total. The van der Waals surface area contributed by atoms with Crippen LogP contribution in [0.4, 0.5) is 0 Å². The Kier molecular flexibility index (Phi) is 7.61. The molecule has 1 aliphatic heterocycles. The molecule has 0 fully saturated rings. The minimum absolute atomic E-state index is 0. The Balaban J connectivity index is 0.00000259. The van der Waals surface area contributed by atoms with E-state index in [0.29, 0.717) is 25.3 Å². The monoisotopic (exact) mass is 486 g/mol. The van der Waals surface area contributed by atoms with Crippen LogP contribution in [0.2, 0.25) is 0 Å². The molecule has 0 bridgehead atoms. The largest absolute Gasteiger partial charge is 1.00 e. The number of benzene rings is 2. The molecule has 2 aromatic carbocycles. The summed E-state index contributed by atoms with van der Waals surface area (Å²) in [4.78, 5) is 20.0. The molecule has 0 saturated heterocycles. The Morgan fingerprint density at radius 2 is 1.97 bits per heavy atom. The molecular weight excluding hydrogens is 467 g/mol. The first-order valence-corrected chi connectivity index (χ1v) is 11.9. The summed E-state index contributed by atoms with van der Waals surface area (Å²) in [5.74, 6) is 1.86. The van der Waals surface area contributed by atoms with Gasteiger partial charge in [-0.25, -0.2) is 9.98 Å². The zero-order chi connectivity index (χ0) is 22.1. The van der Waals surface area contributed by atoms with Crippen LogP contribution in [0, 0.1) is 6.92 Å². The van der Waals surface area contributed by atoms with E-state index in [-0.39, 0.29) is 35.5 Å². The minimum Gasteiger partial charge on any atom is -0.854 e. The maximum Gasteiger partial charge on any atom is 1.00 e. The summed E-state index contributed by atoms with van der Waals surface area (Å²) in [7, 11) is 0. The summed E-state index contributed by atoms with van der Waals surface area (Å²) in [5, 5.41) is 13.6. The first kappa shape index (κ1) is 24.0. The molecular formula is C24H19N2NaO4S2. The molecule has 0 N–H and O–H groups in total. The summed E-state index contributed by atoms with van der Waals surface area (Å²) >= 11 is 2.60. The average Bonchev–Trinajstić information content (AvgIpc) is 3.50. The summed E-state index contributed by atoms with van der Waals surface area (Å²) in [6, 6.07) is 15.8. The molecule has 0 saturated carbocycles. The van der Waals surface area contributed by atoms with Crippen molar-refractivity contribution in [1.82, 2.24) is 4.98 Å². The summed E-state index contributed by atoms with van der Waals surface area (Å²) in [5.41, 5.74) is 2.86. The number of carbonyl (C=O) groups excluding carboxylic acids is 1. The molecule has 162 valence electrons. The quantitative estimate of drug-likeness (QED) is 0.367. The average molecular weight is 487 g/mol. The van der Waals surface area contributed by atoms with Gasteiger partial charge in [-0.05, 0) is 48.6 Å². The van der Waals surface area contributed by atoms with Crippen molar-refractivity contribution in [3.63, 3.8) is 0 Å². The van der Waals surface area contributed by atoms with E-state index in [1.54, 1.807) is 11.3 Å². The molecule has 1 aliphatic rings. The number of fused-ring (bicyclic) bond motifs is 1. The van der Waals surface area contributed by atoms with E-state index in [1.807, 2.05) is 60.8 Å². The van der Waals surface area contributed by atoms with Crippen LogP contribution in [0.15, 0.2) is 63.3 Å². The summed E-state index contributed by atoms with van der Waals surface area (Å²) in [6.07, 6.45) is 1.11. The number of ether oxygens (including phenoxy) is 1. The van der Waals surface area contributed by atoms with E-state index in [1.165, 1.54) is 0 Å². The molecule has 0 aliphatic carbocycles. The third-order valence-corrected chi connectivity index (χ3v) is 7.23. The Bertz CT molecular complexity index is 1320. The number of carbonyl (C=O) groups is 1. The van der Waals surface area contributed by atoms with Gasteiger partial charge in [0.15, 0.2) is 0 Å². The van der Waals surface area contributed by atoms with Crippen molar-refractivity contribution in [2.24, 2.45) is 4.99 Å². The van der Waals surface area contributed by atoms with Crippen molar-refractivity contribution < 1.29 is 48.6 Å². The number of oxazole rings is 1. The molecule has 1 amide bonds. The molecule has 0 radical (unpaired) electrons. The van der Waals surface area contributed by atoms with Gasteiger partial charge in [-0.1, -0.05) is 24.3 Å². The molecule has 9 heteroatoms. The number of aliphatic imine (C=N–C) groups is 1. The fraction of sp³-hybridized carbons (Fsp3) is 0.208. The molecule has 33 heavy (non-hydrogen) atoms. The molecule has 1 unspecified atom stereocenters. The van der Waals surface area contributed by atoms with Crippen molar-refractivity contribution >= 4 is 44.3 Å². The Morgan fingerprint density at radius 1 is 1.15 bits per heavy atom. The van der Waals surface area contributed by atoms with Crippen LogP contribution in [0.5, 0.6) is 5.75 Å². The molecule has 3 heterocycles. The fourth-order valence-corrected chi connectivity index (χ4v) is 5.43. The SMILES string of the molecule is Cc1oc(-c2ccccc2)nc1CCOc1ccc(CC2SC([O-])=NC2=O)c2sccc12.[Na+]. The van der Waals surface area contributed by atoms with Crippen LogP contribution in [0.1, 0.15) is 17.0 Å². The Morgan fingerprint density at radius 3 is 2.73 bits per heavy atom. The van der Waals surface area contributed by atoms with Gasteiger partial charge in [0.2, 0.25) is 5.89 Å². The molecule has 4 aromatic rings. The van der Waals surface area contributed by atoms with Gasteiger partial charge in [-0.3, -0.25) is 4.79 Å². The van der Waals surface area contributed by atoms with E-state index < -0.39 is 10.5 Å². The summed E-state index contributed by atoms with van der Waals surface area (Å²) in [6.45, 7) is 2.39. The standard InChI is InChI=1S/C24H20N2O4S2.Na/c1-14-18(25-23(30-14)15-5-3-2-4-6-15)9-11-29-19-8-7-16(21-17(19)10-12-31-21)13-20-22(27)26-24(28)32-20;/h2-8,10,12,20H,9,11,13H2,1H3,(H,26,27,28);/q;+1/p-1. The van der Waals surface area contributed by atoms with Crippen LogP contribution in [0.3, 0.4) is 0 Å². The van der Waals surface area contributed by atoms with E-state index >= 15 is 0 Å². The second-order valence-electron chi connectivity index (χ2n) is 7.40. The molecule has 0 spiro atoms. The van der Waals surface area contributed by atoms with Crippen LogP contribution in [-0.4, -0.2) is 28.0 Å². The molecule has 1 atom stereocenters. The van der Waals surface area contributed by atoms with E-state index in [0.717, 1.165) is 50.2 Å². The second kappa shape index (κ2) is 10.4. The van der Waals surface area contributed by atoms with E-state index in [4.69, 9.17) is 9.15 Å². The Labute approximate surface area is 221 Å². The Hall–Kier alpha value is -2.10. The zero-order valence-corrected chi connectivity index (χ0v) is 21.9. The number of hydrogen-bond acceptors (Lipinski definition) is 7. The van der Waals surface area contributed by atoms with Crippen molar-refractivity contribution in [1.29, 1.82) is 0 Å². The molecule has 2 aromatic heterocycles. The predicted octanol–water partition coefficient (Wildman–Crippen LogP) is 1.39. The number of thioether (sulfide) groups is 1. The van der Waals surface area contributed by atoms with Gasteiger partial charge >= 0.3 is 29.6 Å². The fourth-order valence-electron chi connectivity index (χ4n) is 3.69. The number of amides is 1. The number of aryl methyl sites for hydroxylation is 1. The maximum absolute atomic E-state index is 11.9. The second-order valence-corrected chi connectivity index (χ2v) is 9.47. The normalized spacial score (nSPS) is 15.5. The van der Waals surface area contributed by atoms with Crippen molar-refractivity contribution in [3.8, 4) is 17.2 Å². The van der Waals surface area contributed by atoms with Gasteiger partial charge in [-0.2, -0.15) is 0 Å². The first-order valence-electron chi connectivity index (χ1n) is 10.2. The van der Waals surface area contributed by atoms with Gasteiger partial charge in [0.05, 0.1) is 17.6 Å². The topological polar surface area (TPSA) is 87.8 Å². The van der Waals surface area contributed by atoms with Gasteiger partial charge in [-0.15, -0.1) is 23.1 Å². The predicted molar refractivity (Wildman–Crippen MR) is 125 cm³/mol. The van der Waals surface area contributed by atoms with Gasteiger partial charge < -0.3 is 14.3 Å². The number of thiophene rings is 1. The van der Waals surface area contributed by atoms with Crippen molar-refractivity contribution in [2.45, 2.75) is 25.0 Å². The maximum atomic E-state index is 11.9. The third kappa shape index (κ3) is 5.20. The van der Waals surface area contributed by atoms with Crippen molar-refractivity contribution in [3.05, 3.63) is 70.9 Å². The van der Waals surface area contributed by atoms with Crippen LogP contribution >= 0.6 is 23.1 Å². The van der Waals surface area contributed by atoms with Gasteiger partial charge in [0.25, 0.3) is 5.91 Å². The smallest absolute Gasteiger partial charge is 0.854 e. The first-order chi connectivity index (χ1) is 15.6.